The van der Waals surface area contributed by atoms with Gasteiger partial charge >= 0.3 is 6.03 Å². The third-order valence-corrected chi connectivity index (χ3v) is 5.05. The number of nitrogens with one attached hydrogen (secondary N) is 2. The Bertz CT molecular complexity index is 315. The average molecular weight is 248 g/mol. The maximum Gasteiger partial charge on any atom is 0.315 e. The van der Waals surface area contributed by atoms with Crippen LogP contribution in [0.5, 0.6) is 0 Å². The van der Waals surface area contributed by atoms with Gasteiger partial charge < -0.3 is 10.6 Å². The molecule has 0 spiro atoms. The fourth-order valence-corrected chi connectivity index (χ4v) is 4.84. The predicted octanol–water partition coefficient (Wildman–Crippen LogP) is 2.83. The van der Waals surface area contributed by atoms with Crippen molar-refractivity contribution in [1.82, 2.24) is 10.6 Å². The van der Waals surface area contributed by atoms with Crippen LogP contribution in [0.4, 0.5) is 4.79 Å². The average Bonchev–Trinajstić information content (AvgIpc) is 2.26. The van der Waals surface area contributed by atoms with E-state index < -0.39 is 0 Å². The van der Waals surface area contributed by atoms with Crippen molar-refractivity contribution in [2.75, 3.05) is 6.54 Å². The van der Waals surface area contributed by atoms with Gasteiger partial charge in [-0.25, -0.2) is 4.79 Å². The fraction of sp³-hybridized carbons (Fsp3) is 0.800. The summed E-state index contributed by atoms with van der Waals surface area (Å²) in [6, 6.07) is 0.0267. The number of hydrogen-bond donors (Lipinski definition) is 2. The maximum absolute atomic E-state index is 11.9. The zero-order valence-corrected chi connectivity index (χ0v) is 11.1. The zero-order chi connectivity index (χ0) is 12.6. The van der Waals surface area contributed by atoms with E-state index in [-0.39, 0.29) is 11.6 Å². The summed E-state index contributed by atoms with van der Waals surface area (Å²) in [7, 11) is 0. The summed E-state index contributed by atoms with van der Waals surface area (Å²) >= 11 is 0. The summed E-state index contributed by atoms with van der Waals surface area (Å²) < 4.78 is 0. The van der Waals surface area contributed by atoms with Gasteiger partial charge in [-0.3, -0.25) is 0 Å². The first kappa shape index (κ1) is 12.1. The number of amides is 2. The van der Waals surface area contributed by atoms with Gasteiger partial charge in [0, 0.05) is 12.1 Å². The first-order valence-corrected chi connectivity index (χ1v) is 7.36. The quantitative estimate of drug-likeness (QED) is 0.583. The second-order valence-corrected chi connectivity index (χ2v) is 6.66. The largest absolute Gasteiger partial charge is 0.338 e. The molecule has 100 valence electrons. The fourth-order valence-electron chi connectivity index (χ4n) is 4.84. The van der Waals surface area contributed by atoms with Crippen LogP contribution in [0.15, 0.2) is 12.7 Å². The number of carbonyl (C=O) groups is 1. The lowest BCUT2D eigenvalue weighted by Crippen LogP contribution is -2.61. The van der Waals surface area contributed by atoms with Crippen LogP contribution < -0.4 is 10.6 Å². The summed E-state index contributed by atoms with van der Waals surface area (Å²) in [6.07, 6.45) is 10.6. The lowest BCUT2D eigenvalue weighted by atomic mass is 9.53. The second kappa shape index (κ2) is 4.60. The molecule has 4 saturated carbocycles. The van der Waals surface area contributed by atoms with Crippen molar-refractivity contribution in [2.24, 2.45) is 17.8 Å². The molecule has 3 heteroatoms. The molecule has 0 aromatic carbocycles. The molecule has 0 aromatic rings. The molecule has 2 N–H and O–H groups in total. The minimum atomic E-state index is 0.0267. The SMILES string of the molecule is C=CCCNC(=O)NC12CC3CC(CC(C3)C1)C2. The Labute approximate surface area is 109 Å². The third kappa shape index (κ3) is 2.27. The summed E-state index contributed by atoms with van der Waals surface area (Å²) in [5.74, 6) is 2.64. The Kier molecular flexibility index (Phi) is 3.08. The molecule has 4 aliphatic rings. The van der Waals surface area contributed by atoms with Gasteiger partial charge in [0.2, 0.25) is 0 Å². The molecule has 0 atom stereocenters. The van der Waals surface area contributed by atoms with Crippen molar-refractivity contribution in [3.63, 3.8) is 0 Å². The molecular weight excluding hydrogens is 224 g/mol. The molecule has 18 heavy (non-hydrogen) atoms. The molecule has 4 rings (SSSR count). The summed E-state index contributed by atoms with van der Waals surface area (Å²) in [6.45, 7) is 4.36. The Hall–Kier alpha value is -0.990. The van der Waals surface area contributed by atoms with Gasteiger partial charge in [0.05, 0.1) is 0 Å². The van der Waals surface area contributed by atoms with Gasteiger partial charge in [0.25, 0.3) is 0 Å². The molecule has 0 aromatic heterocycles. The Morgan fingerprint density at radius 3 is 2.22 bits per heavy atom. The van der Waals surface area contributed by atoms with Crippen LogP contribution in [0.1, 0.15) is 44.9 Å². The summed E-state index contributed by atoms with van der Waals surface area (Å²) in [4.78, 5) is 11.9. The van der Waals surface area contributed by atoms with E-state index in [0.29, 0.717) is 6.54 Å². The molecule has 4 aliphatic carbocycles. The van der Waals surface area contributed by atoms with Crippen molar-refractivity contribution in [3.8, 4) is 0 Å². The van der Waals surface area contributed by atoms with Crippen LogP contribution in [-0.4, -0.2) is 18.1 Å². The lowest BCUT2D eigenvalue weighted by molar-refractivity contribution is -0.0135. The second-order valence-electron chi connectivity index (χ2n) is 6.66. The minimum absolute atomic E-state index is 0.0267. The van der Waals surface area contributed by atoms with E-state index in [1.807, 2.05) is 6.08 Å². The van der Waals surface area contributed by atoms with Crippen LogP contribution in [0.3, 0.4) is 0 Å². The van der Waals surface area contributed by atoms with E-state index >= 15 is 0 Å². The standard InChI is InChI=1S/C15H24N2O/c1-2-3-4-16-14(18)17-15-8-11-5-12(9-15)7-13(6-11)10-15/h2,11-13H,1,3-10H2,(H2,16,17,18). The first-order chi connectivity index (χ1) is 8.69. The predicted molar refractivity (Wildman–Crippen MR) is 72.3 cm³/mol. The maximum atomic E-state index is 11.9. The van der Waals surface area contributed by atoms with E-state index in [2.05, 4.69) is 17.2 Å². The van der Waals surface area contributed by atoms with Crippen molar-refractivity contribution in [1.29, 1.82) is 0 Å². The third-order valence-electron chi connectivity index (χ3n) is 5.05. The normalized spacial score (nSPS) is 40.6. The summed E-state index contributed by atoms with van der Waals surface area (Å²) in [5.41, 5.74) is 0.132. The molecule has 4 fully saturated rings. The topological polar surface area (TPSA) is 41.1 Å². The van der Waals surface area contributed by atoms with Crippen LogP contribution in [0.25, 0.3) is 0 Å². The van der Waals surface area contributed by atoms with Crippen LogP contribution in [0.2, 0.25) is 0 Å². The number of urea groups is 1. The van der Waals surface area contributed by atoms with E-state index in [4.69, 9.17) is 0 Å². The van der Waals surface area contributed by atoms with E-state index in [9.17, 15) is 4.79 Å². The van der Waals surface area contributed by atoms with Gasteiger partial charge in [0.1, 0.15) is 0 Å². The molecule has 0 radical (unpaired) electrons. The number of carbonyl (C=O) groups excluding carboxylic acids is 1. The van der Waals surface area contributed by atoms with E-state index in [0.717, 1.165) is 24.2 Å². The molecule has 0 aliphatic heterocycles. The molecule has 0 saturated heterocycles. The highest BCUT2D eigenvalue weighted by Gasteiger charge is 2.51. The Morgan fingerprint density at radius 1 is 1.17 bits per heavy atom. The number of hydrogen-bond acceptors (Lipinski definition) is 1. The molecular formula is C15H24N2O. The van der Waals surface area contributed by atoms with E-state index in [1.165, 1.54) is 38.5 Å². The Morgan fingerprint density at radius 2 is 1.72 bits per heavy atom. The molecule has 0 unspecified atom stereocenters. The summed E-state index contributed by atoms with van der Waals surface area (Å²) in [5, 5.41) is 6.24. The molecule has 3 nitrogen and oxygen atoms in total. The van der Waals surface area contributed by atoms with Crippen molar-refractivity contribution in [2.45, 2.75) is 50.5 Å². The first-order valence-electron chi connectivity index (χ1n) is 7.36. The van der Waals surface area contributed by atoms with Crippen molar-refractivity contribution >= 4 is 6.03 Å². The van der Waals surface area contributed by atoms with Crippen LogP contribution in [-0.2, 0) is 0 Å². The van der Waals surface area contributed by atoms with Gasteiger partial charge in [-0.05, 0) is 62.7 Å². The highest BCUT2D eigenvalue weighted by molar-refractivity contribution is 5.74. The highest BCUT2D eigenvalue weighted by Crippen LogP contribution is 2.55. The van der Waals surface area contributed by atoms with Gasteiger partial charge in [-0.1, -0.05) is 6.08 Å². The monoisotopic (exact) mass is 248 g/mol. The van der Waals surface area contributed by atoms with Gasteiger partial charge in [-0.2, -0.15) is 0 Å². The van der Waals surface area contributed by atoms with Crippen LogP contribution in [0, 0.1) is 17.8 Å². The zero-order valence-electron chi connectivity index (χ0n) is 11.1. The molecule has 2 amide bonds. The van der Waals surface area contributed by atoms with E-state index in [1.54, 1.807) is 0 Å². The van der Waals surface area contributed by atoms with Crippen molar-refractivity contribution < 1.29 is 4.79 Å². The van der Waals surface area contributed by atoms with Gasteiger partial charge in [-0.15, -0.1) is 6.58 Å². The van der Waals surface area contributed by atoms with Crippen LogP contribution >= 0.6 is 0 Å². The Balaban J connectivity index is 1.58. The smallest absolute Gasteiger partial charge is 0.315 e. The highest BCUT2D eigenvalue weighted by atomic mass is 16.2. The molecule has 0 heterocycles. The van der Waals surface area contributed by atoms with Gasteiger partial charge in [0.15, 0.2) is 0 Å². The van der Waals surface area contributed by atoms with Crippen molar-refractivity contribution in [3.05, 3.63) is 12.7 Å². The molecule has 4 bridgehead atoms. The number of rotatable bonds is 4. The lowest BCUT2D eigenvalue weighted by Gasteiger charge is -2.56. The minimum Gasteiger partial charge on any atom is -0.338 e.